The molecule has 33 heavy (non-hydrogen) atoms. The van der Waals surface area contributed by atoms with Crippen LogP contribution in [0.1, 0.15) is 30.1 Å². The van der Waals surface area contributed by atoms with Crippen molar-refractivity contribution >= 4 is 50.9 Å². The summed E-state index contributed by atoms with van der Waals surface area (Å²) in [6, 6.07) is 14.3. The van der Waals surface area contributed by atoms with Crippen LogP contribution in [0.15, 0.2) is 53.5 Å². The Morgan fingerprint density at radius 3 is 2.61 bits per heavy atom. The van der Waals surface area contributed by atoms with E-state index in [4.69, 9.17) is 16.3 Å². The molecule has 1 saturated heterocycles. The number of amides is 2. The fourth-order valence-corrected chi connectivity index (χ4v) is 5.11. The number of aromatic nitrogens is 1. The monoisotopic (exact) mass is 485 g/mol. The van der Waals surface area contributed by atoms with Crippen molar-refractivity contribution in [3.8, 4) is 0 Å². The molecule has 0 radical (unpaired) electrons. The Balaban J connectivity index is 1.57. The van der Waals surface area contributed by atoms with Gasteiger partial charge in [0.15, 0.2) is 4.80 Å². The molecule has 0 unspecified atom stereocenters. The van der Waals surface area contributed by atoms with Gasteiger partial charge in [-0.2, -0.15) is 4.99 Å². The van der Waals surface area contributed by atoms with Gasteiger partial charge in [-0.05, 0) is 50.1 Å². The van der Waals surface area contributed by atoms with E-state index >= 15 is 0 Å². The van der Waals surface area contributed by atoms with Crippen LogP contribution in [0.2, 0.25) is 5.02 Å². The zero-order valence-electron chi connectivity index (χ0n) is 18.2. The molecule has 172 valence electrons. The lowest BCUT2D eigenvalue weighted by atomic mass is 9.97. The molecule has 1 aromatic heterocycles. The van der Waals surface area contributed by atoms with Crippen molar-refractivity contribution in [1.82, 2.24) is 9.47 Å². The molecule has 9 heteroatoms. The maximum absolute atomic E-state index is 13.1. The number of carbonyl (C=O) groups is 3. The minimum atomic E-state index is -0.416. The molecular formula is C24H24ClN3O4S. The Morgan fingerprint density at radius 1 is 1.12 bits per heavy atom. The first-order valence-electron chi connectivity index (χ1n) is 10.8. The molecule has 1 fully saturated rings. The van der Waals surface area contributed by atoms with Crippen LogP contribution in [-0.4, -0.2) is 46.9 Å². The normalized spacial score (nSPS) is 15.1. The molecule has 0 N–H and O–H groups in total. The van der Waals surface area contributed by atoms with Crippen molar-refractivity contribution in [2.24, 2.45) is 10.9 Å². The molecule has 1 aliphatic heterocycles. The Hall–Kier alpha value is -2.97. The summed E-state index contributed by atoms with van der Waals surface area (Å²) in [7, 11) is 0. The number of halogens is 1. The van der Waals surface area contributed by atoms with Crippen LogP contribution in [0.25, 0.3) is 10.2 Å². The second-order valence-corrected chi connectivity index (χ2v) is 9.22. The van der Waals surface area contributed by atoms with E-state index in [0.29, 0.717) is 47.9 Å². The lowest BCUT2D eigenvalue weighted by Crippen LogP contribution is -2.42. The summed E-state index contributed by atoms with van der Waals surface area (Å²) in [5.74, 6) is -0.842. The number of carbonyl (C=O) groups excluding carboxylic acids is 3. The third-order valence-electron chi connectivity index (χ3n) is 5.62. The number of ether oxygens (including phenoxy) is 1. The minimum Gasteiger partial charge on any atom is -0.466 e. The van der Waals surface area contributed by atoms with E-state index in [1.54, 1.807) is 40.7 Å². The Kier molecular flexibility index (Phi) is 7.25. The van der Waals surface area contributed by atoms with Crippen LogP contribution in [-0.2, 0) is 20.9 Å². The number of fused-ring (bicyclic) bond motifs is 1. The number of nitrogens with zero attached hydrogens (tertiary/aromatic N) is 3. The van der Waals surface area contributed by atoms with Gasteiger partial charge in [-0.25, -0.2) is 0 Å². The topological polar surface area (TPSA) is 81.0 Å². The second kappa shape index (κ2) is 10.3. The largest absolute Gasteiger partial charge is 0.466 e. The van der Waals surface area contributed by atoms with Crippen LogP contribution in [0.4, 0.5) is 0 Å². The average Bonchev–Trinajstić information content (AvgIpc) is 3.16. The number of esters is 1. The number of thiazole rings is 1. The summed E-state index contributed by atoms with van der Waals surface area (Å²) in [5, 5.41) is 0.460. The van der Waals surface area contributed by atoms with E-state index in [9.17, 15) is 14.4 Å². The number of benzene rings is 2. The van der Waals surface area contributed by atoms with Gasteiger partial charge in [0.2, 0.25) is 5.91 Å². The zero-order valence-corrected chi connectivity index (χ0v) is 19.8. The van der Waals surface area contributed by atoms with Gasteiger partial charge in [0, 0.05) is 23.7 Å². The van der Waals surface area contributed by atoms with Gasteiger partial charge in [0.25, 0.3) is 5.91 Å². The number of piperidine rings is 1. The fourth-order valence-electron chi connectivity index (χ4n) is 3.89. The van der Waals surface area contributed by atoms with Crippen LogP contribution >= 0.6 is 22.9 Å². The summed E-state index contributed by atoms with van der Waals surface area (Å²) in [6.07, 6.45) is 1.17. The molecule has 0 aliphatic carbocycles. The summed E-state index contributed by atoms with van der Waals surface area (Å²) in [6.45, 7) is 3.21. The Morgan fingerprint density at radius 2 is 1.88 bits per heavy atom. The number of rotatable bonds is 5. The zero-order chi connectivity index (χ0) is 23.4. The highest BCUT2D eigenvalue weighted by atomic mass is 35.5. The lowest BCUT2D eigenvalue weighted by Gasteiger charge is -2.31. The molecule has 2 amide bonds. The SMILES string of the molecule is CCOC(=O)C1CCN(C(=O)Cn2c(=NC(=O)c3cccc(Cl)c3)sc3ccccc32)CC1. The number of hydrogen-bond acceptors (Lipinski definition) is 5. The third kappa shape index (κ3) is 5.34. The Labute approximate surface area is 200 Å². The maximum Gasteiger partial charge on any atom is 0.309 e. The van der Waals surface area contributed by atoms with E-state index in [1.807, 2.05) is 24.3 Å². The average molecular weight is 486 g/mol. The summed E-state index contributed by atoms with van der Waals surface area (Å²) in [4.78, 5) is 44.4. The quantitative estimate of drug-likeness (QED) is 0.513. The molecule has 4 rings (SSSR count). The highest BCUT2D eigenvalue weighted by Crippen LogP contribution is 2.21. The van der Waals surface area contributed by atoms with Gasteiger partial charge in [-0.1, -0.05) is 41.1 Å². The van der Waals surface area contributed by atoms with Gasteiger partial charge in [0.1, 0.15) is 6.54 Å². The van der Waals surface area contributed by atoms with Gasteiger partial charge in [-0.3, -0.25) is 14.4 Å². The number of hydrogen-bond donors (Lipinski definition) is 0. The Bertz CT molecular complexity index is 1260. The number of para-hydroxylation sites is 1. The van der Waals surface area contributed by atoms with E-state index in [0.717, 1.165) is 10.2 Å². The second-order valence-electron chi connectivity index (χ2n) is 7.77. The van der Waals surface area contributed by atoms with Crippen molar-refractivity contribution in [3.05, 3.63) is 63.9 Å². The predicted molar refractivity (Wildman–Crippen MR) is 127 cm³/mol. The molecule has 3 aromatic rings. The van der Waals surface area contributed by atoms with Crippen LogP contribution in [0, 0.1) is 5.92 Å². The minimum absolute atomic E-state index is 0.0652. The first-order chi connectivity index (χ1) is 16.0. The van der Waals surface area contributed by atoms with Crippen molar-refractivity contribution in [3.63, 3.8) is 0 Å². The van der Waals surface area contributed by atoms with Crippen LogP contribution in [0.5, 0.6) is 0 Å². The van der Waals surface area contributed by atoms with Crippen LogP contribution in [0.3, 0.4) is 0 Å². The van der Waals surface area contributed by atoms with Crippen molar-refractivity contribution in [1.29, 1.82) is 0 Å². The summed E-state index contributed by atoms with van der Waals surface area (Å²) in [5.41, 5.74) is 1.23. The summed E-state index contributed by atoms with van der Waals surface area (Å²) >= 11 is 7.37. The third-order valence-corrected chi connectivity index (χ3v) is 6.91. The molecule has 0 bridgehead atoms. The van der Waals surface area contributed by atoms with Crippen LogP contribution < -0.4 is 4.80 Å². The molecule has 2 aromatic carbocycles. The fraction of sp³-hybridized carbons (Fsp3) is 0.333. The van der Waals surface area contributed by atoms with Crippen molar-refractivity contribution in [2.75, 3.05) is 19.7 Å². The van der Waals surface area contributed by atoms with Crippen molar-refractivity contribution < 1.29 is 19.1 Å². The summed E-state index contributed by atoms with van der Waals surface area (Å²) < 4.78 is 7.82. The first kappa shape index (κ1) is 23.2. The highest BCUT2D eigenvalue weighted by Gasteiger charge is 2.28. The molecule has 0 atom stereocenters. The van der Waals surface area contributed by atoms with E-state index in [1.165, 1.54) is 11.3 Å². The van der Waals surface area contributed by atoms with Gasteiger partial charge >= 0.3 is 5.97 Å². The molecule has 7 nitrogen and oxygen atoms in total. The van der Waals surface area contributed by atoms with Gasteiger partial charge in [0.05, 0.1) is 22.7 Å². The molecular weight excluding hydrogens is 462 g/mol. The lowest BCUT2D eigenvalue weighted by molar-refractivity contribution is -0.151. The first-order valence-corrected chi connectivity index (χ1v) is 12.0. The number of likely N-dealkylation sites (tertiary alicyclic amines) is 1. The molecule has 0 saturated carbocycles. The standard InChI is InChI=1S/C24H24ClN3O4S/c1-2-32-23(31)16-10-12-27(13-11-16)21(29)15-28-19-8-3-4-9-20(19)33-24(28)26-22(30)17-6-5-7-18(25)14-17/h3-9,14,16H,2,10-13,15H2,1H3. The molecule has 1 aliphatic rings. The van der Waals surface area contributed by atoms with Gasteiger partial charge in [-0.15, -0.1) is 0 Å². The highest BCUT2D eigenvalue weighted by molar-refractivity contribution is 7.16. The molecule has 2 heterocycles. The smallest absolute Gasteiger partial charge is 0.309 e. The maximum atomic E-state index is 13.1. The van der Waals surface area contributed by atoms with E-state index in [-0.39, 0.29) is 24.3 Å². The van der Waals surface area contributed by atoms with Gasteiger partial charge < -0.3 is 14.2 Å². The van der Waals surface area contributed by atoms with Crippen molar-refractivity contribution in [2.45, 2.75) is 26.3 Å². The van der Waals surface area contributed by atoms with E-state index < -0.39 is 5.91 Å². The van der Waals surface area contributed by atoms with E-state index in [2.05, 4.69) is 4.99 Å². The molecule has 0 spiro atoms. The predicted octanol–water partition coefficient (Wildman–Crippen LogP) is 3.90.